The Kier molecular flexibility index (Phi) is 6.66. The van der Waals surface area contributed by atoms with Crippen LogP contribution < -0.4 is 5.32 Å². The fraction of sp³-hybridized carbons (Fsp3) is 0.600. The van der Waals surface area contributed by atoms with Crippen LogP contribution >= 0.6 is 0 Å². The fourth-order valence-electron chi connectivity index (χ4n) is 0.970. The molecule has 0 aromatic rings. The first kappa shape index (κ1) is 16.7. The second-order valence-corrected chi connectivity index (χ2v) is 3.77. The number of hydrogen-bond donors (Lipinski definition) is 6. The van der Waals surface area contributed by atoms with Gasteiger partial charge in [0.2, 0.25) is 0 Å². The van der Waals surface area contributed by atoms with Gasteiger partial charge in [-0.1, -0.05) is 6.58 Å². The van der Waals surface area contributed by atoms with E-state index in [4.69, 9.17) is 10.2 Å². The van der Waals surface area contributed by atoms with Crippen LogP contribution in [0.2, 0.25) is 0 Å². The molecule has 2 amide bonds. The van der Waals surface area contributed by atoms with Crippen molar-refractivity contribution in [2.45, 2.75) is 31.3 Å². The van der Waals surface area contributed by atoms with Crippen molar-refractivity contribution in [3.8, 4) is 0 Å². The summed E-state index contributed by atoms with van der Waals surface area (Å²) in [6.07, 6.45) is -7.84. The van der Waals surface area contributed by atoms with Crippen molar-refractivity contribution in [1.29, 1.82) is 0 Å². The highest BCUT2D eigenvalue weighted by atomic mass is 16.4. The van der Waals surface area contributed by atoms with Crippen LogP contribution in [0.25, 0.3) is 0 Å². The van der Waals surface area contributed by atoms with Gasteiger partial charge in [0.25, 0.3) is 11.8 Å². The van der Waals surface area contributed by atoms with Crippen molar-refractivity contribution in [2.75, 3.05) is 6.61 Å². The van der Waals surface area contributed by atoms with Gasteiger partial charge in [0.05, 0.1) is 6.61 Å². The molecule has 0 radical (unpaired) electrons. The fourth-order valence-corrected chi connectivity index (χ4v) is 0.970. The lowest BCUT2D eigenvalue weighted by molar-refractivity contribution is -0.150. The van der Waals surface area contributed by atoms with E-state index in [0.29, 0.717) is 0 Å². The van der Waals surface area contributed by atoms with Crippen LogP contribution in [0, 0.1) is 0 Å². The molecule has 0 heterocycles. The number of nitrogens with one attached hydrogen (secondary N) is 1. The first-order chi connectivity index (χ1) is 8.22. The minimum absolute atomic E-state index is 0.0148. The molecule has 0 aromatic heterocycles. The number of amides is 2. The summed E-state index contributed by atoms with van der Waals surface area (Å²) in [6.45, 7) is 3.72. The van der Waals surface area contributed by atoms with Crippen LogP contribution in [0.5, 0.6) is 0 Å². The van der Waals surface area contributed by atoms with Gasteiger partial charge in [-0.2, -0.15) is 0 Å². The minimum atomic E-state index is -2.13. The van der Waals surface area contributed by atoms with Gasteiger partial charge in [-0.05, 0) is 6.92 Å². The lowest BCUT2D eigenvalue weighted by Gasteiger charge is -2.24. The van der Waals surface area contributed by atoms with Gasteiger partial charge >= 0.3 is 0 Å². The Labute approximate surface area is 103 Å². The molecule has 0 aliphatic heterocycles. The third kappa shape index (κ3) is 4.51. The molecule has 0 aliphatic rings. The van der Waals surface area contributed by atoms with Crippen LogP contribution in [0.1, 0.15) is 6.92 Å². The van der Waals surface area contributed by atoms with E-state index >= 15 is 0 Å². The highest BCUT2D eigenvalue weighted by molar-refractivity contribution is 6.04. The standard InChI is InChI=1S/C10H17NO7/c1-4(2)9(17)11-10(18)8(16)7(15)6(14)5(13)3-12/h5-8,12-16H,1,3H2,2H3,(H,11,17,18)/t5-,6-,7+,8-/m1/s1. The van der Waals surface area contributed by atoms with E-state index in [1.165, 1.54) is 6.92 Å². The molecule has 4 atom stereocenters. The number of imide groups is 1. The molecule has 0 fully saturated rings. The summed E-state index contributed by atoms with van der Waals surface area (Å²) < 4.78 is 0. The smallest absolute Gasteiger partial charge is 0.258 e. The Bertz CT molecular complexity index is 330. The van der Waals surface area contributed by atoms with Gasteiger partial charge < -0.3 is 25.5 Å². The molecular weight excluding hydrogens is 246 g/mol. The molecule has 0 aliphatic carbocycles. The maximum absolute atomic E-state index is 11.3. The van der Waals surface area contributed by atoms with Crippen LogP contribution in [-0.4, -0.2) is 68.4 Å². The summed E-state index contributed by atoms with van der Waals surface area (Å²) in [7, 11) is 0. The second-order valence-electron chi connectivity index (χ2n) is 3.77. The first-order valence-electron chi connectivity index (χ1n) is 5.06. The summed E-state index contributed by atoms with van der Waals surface area (Å²) in [4.78, 5) is 22.3. The van der Waals surface area contributed by atoms with Gasteiger partial charge in [-0.15, -0.1) is 0 Å². The third-order valence-corrected chi connectivity index (χ3v) is 2.15. The maximum Gasteiger partial charge on any atom is 0.258 e. The van der Waals surface area contributed by atoms with Crippen LogP contribution in [-0.2, 0) is 9.59 Å². The molecule has 8 heteroatoms. The molecule has 0 rings (SSSR count). The highest BCUT2D eigenvalue weighted by Gasteiger charge is 2.34. The number of rotatable bonds is 6. The molecule has 6 N–H and O–H groups in total. The number of carbonyl (C=O) groups is 2. The zero-order chi connectivity index (χ0) is 14.5. The normalized spacial score (nSPS) is 17.4. The van der Waals surface area contributed by atoms with Gasteiger partial charge in [0, 0.05) is 5.57 Å². The summed E-state index contributed by atoms with van der Waals surface area (Å²) in [5.41, 5.74) is 0.0148. The Morgan fingerprint density at radius 3 is 2.06 bits per heavy atom. The van der Waals surface area contributed by atoms with Crippen molar-refractivity contribution in [1.82, 2.24) is 5.32 Å². The van der Waals surface area contributed by atoms with E-state index in [9.17, 15) is 24.9 Å². The lowest BCUT2D eigenvalue weighted by Crippen LogP contribution is -2.52. The number of carbonyl (C=O) groups excluding carboxylic acids is 2. The molecule has 0 aromatic carbocycles. The van der Waals surface area contributed by atoms with Crippen LogP contribution in [0.3, 0.4) is 0 Å². The van der Waals surface area contributed by atoms with E-state index < -0.39 is 42.8 Å². The molecule has 18 heavy (non-hydrogen) atoms. The zero-order valence-corrected chi connectivity index (χ0v) is 9.78. The van der Waals surface area contributed by atoms with Gasteiger partial charge in [-0.3, -0.25) is 14.9 Å². The molecule has 0 bridgehead atoms. The maximum atomic E-state index is 11.3. The van der Waals surface area contributed by atoms with Gasteiger partial charge in [-0.25, -0.2) is 0 Å². The Morgan fingerprint density at radius 2 is 1.67 bits per heavy atom. The van der Waals surface area contributed by atoms with Crippen molar-refractivity contribution in [2.24, 2.45) is 0 Å². The Hall–Kier alpha value is -1.32. The molecule has 104 valence electrons. The monoisotopic (exact) mass is 263 g/mol. The molecule has 0 saturated heterocycles. The third-order valence-electron chi connectivity index (χ3n) is 2.15. The van der Waals surface area contributed by atoms with E-state index in [-0.39, 0.29) is 5.57 Å². The Balaban J connectivity index is 4.54. The lowest BCUT2D eigenvalue weighted by atomic mass is 10.0. The summed E-state index contributed by atoms with van der Waals surface area (Å²) in [5, 5.41) is 47.2. The highest BCUT2D eigenvalue weighted by Crippen LogP contribution is 2.05. The number of aliphatic hydroxyl groups is 5. The van der Waals surface area contributed by atoms with Crippen molar-refractivity contribution in [3.05, 3.63) is 12.2 Å². The quantitative estimate of drug-likeness (QED) is 0.274. The summed E-state index contributed by atoms with van der Waals surface area (Å²) >= 11 is 0. The van der Waals surface area contributed by atoms with E-state index in [1.54, 1.807) is 5.32 Å². The predicted octanol–water partition coefficient (Wildman–Crippen LogP) is -3.36. The van der Waals surface area contributed by atoms with E-state index in [2.05, 4.69) is 6.58 Å². The number of aliphatic hydroxyl groups excluding tert-OH is 5. The zero-order valence-electron chi connectivity index (χ0n) is 9.78. The molecule has 8 nitrogen and oxygen atoms in total. The predicted molar refractivity (Wildman–Crippen MR) is 59.1 cm³/mol. The average molecular weight is 263 g/mol. The molecule has 0 saturated carbocycles. The SMILES string of the molecule is C=C(C)C(=O)NC(=O)[C@H](O)[C@@H](O)[C@H](O)[C@H](O)CO. The van der Waals surface area contributed by atoms with Crippen molar-refractivity contribution in [3.63, 3.8) is 0 Å². The minimum Gasteiger partial charge on any atom is -0.394 e. The topological polar surface area (TPSA) is 147 Å². The van der Waals surface area contributed by atoms with Crippen LogP contribution in [0.4, 0.5) is 0 Å². The summed E-state index contributed by atoms with van der Waals surface area (Å²) in [6, 6.07) is 0. The van der Waals surface area contributed by atoms with Gasteiger partial charge in [0.15, 0.2) is 6.10 Å². The molecule has 0 spiro atoms. The second kappa shape index (κ2) is 7.19. The van der Waals surface area contributed by atoms with E-state index in [1.807, 2.05) is 0 Å². The summed E-state index contributed by atoms with van der Waals surface area (Å²) in [5.74, 6) is -2.09. The molecular formula is C10H17NO7. The van der Waals surface area contributed by atoms with Crippen LogP contribution in [0.15, 0.2) is 12.2 Å². The number of hydrogen-bond acceptors (Lipinski definition) is 7. The van der Waals surface area contributed by atoms with Crippen molar-refractivity contribution < 1.29 is 35.1 Å². The van der Waals surface area contributed by atoms with E-state index in [0.717, 1.165) is 0 Å². The first-order valence-corrected chi connectivity index (χ1v) is 5.06. The molecule has 0 unspecified atom stereocenters. The van der Waals surface area contributed by atoms with Gasteiger partial charge in [0.1, 0.15) is 18.3 Å². The van der Waals surface area contributed by atoms with Crippen molar-refractivity contribution >= 4 is 11.8 Å². The average Bonchev–Trinajstić information content (AvgIpc) is 2.34. The largest absolute Gasteiger partial charge is 0.394 e. The Morgan fingerprint density at radius 1 is 1.17 bits per heavy atom.